The van der Waals surface area contributed by atoms with Crippen LogP contribution >= 0.6 is 15.9 Å². The van der Waals surface area contributed by atoms with Gasteiger partial charge < -0.3 is 15.8 Å². The number of carbonyl (C=O) groups excluding carboxylic acids is 1. The SMILES string of the molecule is CC(/C(N)=N/O)N1CCN(C(=O)c2ncccc2Br)CC1. The van der Waals surface area contributed by atoms with Crippen molar-refractivity contribution in [3.05, 3.63) is 28.5 Å². The van der Waals surface area contributed by atoms with Crippen LogP contribution in [0.25, 0.3) is 0 Å². The molecule has 3 N–H and O–H groups in total. The summed E-state index contributed by atoms with van der Waals surface area (Å²) in [5.74, 6) is 0.0980. The normalized spacial score (nSPS) is 18.6. The van der Waals surface area contributed by atoms with Crippen molar-refractivity contribution >= 4 is 27.7 Å². The van der Waals surface area contributed by atoms with E-state index in [1.165, 1.54) is 0 Å². The summed E-state index contributed by atoms with van der Waals surface area (Å²) >= 11 is 3.35. The Balaban J connectivity index is 1.98. The first-order chi connectivity index (χ1) is 10.0. The fourth-order valence-electron chi connectivity index (χ4n) is 2.28. The Bertz CT molecular complexity index is 543. The Labute approximate surface area is 131 Å². The fraction of sp³-hybridized carbons (Fsp3) is 0.462. The van der Waals surface area contributed by atoms with Crippen LogP contribution in [0.1, 0.15) is 17.4 Å². The second-order valence-electron chi connectivity index (χ2n) is 4.86. The average molecular weight is 356 g/mol. The van der Waals surface area contributed by atoms with Gasteiger partial charge in [0.1, 0.15) is 5.69 Å². The Morgan fingerprint density at radius 2 is 2.14 bits per heavy atom. The molecule has 1 fully saturated rings. The lowest BCUT2D eigenvalue weighted by molar-refractivity contribution is 0.0612. The number of nitrogens with zero attached hydrogens (tertiary/aromatic N) is 4. The molecular formula is C13H18BrN5O2. The fourth-order valence-corrected chi connectivity index (χ4v) is 2.70. The number of halogens is 1. The second-order valence-corrected chi connectivity index (χ2v) is 5.72. The number of amides is 1. The summed E-state index contributed by atoms with van der Waals surface area (Å²) in [5.41, 5.74) is 6.04. The monoisotopic (exact) mass is 355 g/mol. The first kappa shape index (κ1) is 15.7. The molecule has 114 valence electrons. The number of aromatic nitrogens is 1. The minimum atomic E-state index is -0.145. The summed E-state index contributed by atoms with van der Waals surface area (Å²) in [5, 5.41) is 11.7. The predicted octanol–water partition coefficient (Wildman–Crippen LogP) is 0.737. The summed E-state index contributed by atoms with van der Waals surface area (Å²) in [4.78, 5) is 20.4. The van der Waals surface area contributed by atoms with Gasteiger partial charge in [0.2, 0.25) is 0 Å². The zero-order chi connectivity index (χ0) is 15.4. The highest BCUT2D eigenvalue weighted by Gasteiger charge is 2.27. The van der Waals surface area contributed by atoms with Crippen molar-refractivity contribution in [1.82, 2.24) is 14.8 Å². The predicted molar refractivity (Wildman–Crippen MR) is 82.3 cm³/mol. The maximum Gasteiger partial charge on any atom is 0.273 e. The van der Waals surface area contributed by atoms with E-state index in [9.17, 15) is 4.79 Å². The minimum Gasteiger partial charge on any atom is -0.409 e. The lowest BCUT2D eigenvalue weighted by Crippen LogP contribution is -2.54. The zero-order valence-corrected chi connectivity index (χ0v) is 13.3. The van der Waals surface area contributed by atoms with Crippen LogP contribution in [0, 0.1) is 0 Å². The number of pyridine rings is 1. The van der Waals surface area contributed by atoms with Gasteiger partial charge in [-0.25, -0.2) is 4.98 Å². The van der Waals surface area contributed by atoms with Crippen molar-refractivity contribution in [2.45, 2.75) is 13.0 Å². The molecule has 1 aliphatic rings. The molecule has 2 rings (SSSR count). The van der Waals surface area contributed by atoms with Crippen molar-refractivity contribution < 1.29 is 10.0 Å². The Kier molecular flexibility index (Phi) is 5.13. The van der Waals surface area contributed by atoms with Crippen molar-refractivity contribution in [3.63, 3.8) is 0 Å². The van der Waals surface area contributed by atoms with Gasteiger partial charge in [-0.15, -0.1) is 0 Å². The number of oxime groups is 1. The molecule has 21 heavy (non-hydrogen) atoms. The molecule has 8 heteroatoms. The average Bonchev–Trinajstić information content (AvgIpc) is 2.53. The van der Waals surface area contributed by atoms with E-state index in [0.717, 1.165) is 0 Å². The van der Waals surface area contributed by atoms with Crippen LogP contribution in [0.5, 0.6) is 0 Å². The smallest absolute Gasteiger partial charge is 0.273 e. The molecule has 0 radical (unpaired) electrons. The first-order valence-corrected chi connectivity index (χ1v) is 7.45. The molecule has 1 amide bonds. The summed E-state index contributed by atoms with van der Waals surface area (Å²) in [6, 6.07) is 3.43. The number of hydrogen-bond donors (Lipinski definition) is 2. The number of nitrogens with two attached hydrogens (primary N) is 1. The molecule has 1 aromatic heterocycles. The van der Waals surface area contributed by atoms with Gasteiger partial charge in [-0.3, -0.25) is 9.69 Å². The Morgan fingerprint density at radius 1 is 1.48 bits per heavy atom. The highest BCUT2D eigenvalue weighted by atomic mass is 79.9. The standard InChI is InChI=1S/C13H18BrN5O2/c1-9(12(15)17-21)18-5-7-19(8-6-18)13(20)11-10(14)3-2-4-16-11/h2-4,9,21H,5-8H2,1H3,(H2,15,17). The van der Waals surface area contributed by atoms with Gasteiger partial charge in [-0.05, 0) is 35.0 Å². The molecule has 2 heterocycles. The van der Waals surface area contributed by atoms with E-state index in [2.05, 4.69) is 31.0 Å². The Morgan fingerprint density at radius 3 is 2.71 bits per heavy atom. The lowest BCUT2D eigenvalue weighted by atomic mass is 10.2. The molecule has 1 unspecified atom stereocenters. The number of amidine groups is 1. The maximum absolute atomic E-state index is 12.4. The molecule has 0 aromatic carbocycles. The molecular weight excluding hydrogens is 338 g/mol. The van der Waals surface area contributed by atoms with Gasteiger partial charge in [0.05, 0.1) is 6.04 Å². The van der Waals surface area contributed by atoms with Gasteiger partial charge in [-0.1, -0.05) is 5.16 Å². The number of piperazine rings is 1. The molecule has 1 saturated heterocycles. The first-order valence-electron chi connectivity index (χ1n) is 6.66. The van der Waals surface area contributed by atoms with E-state index in [-0.39, 0.29) is 17.8 Å². The molecule has 0 bridgehead atoms. The van der Waals surface area contributed by atoms with Crippen molar-refractivity contribution in [2.75, 3.05) is 26.2 Å². The molecule has 7 nitrogen and oxygen atoms in total. The minimum absolute atomic E-state index is 0.0847. The summed E-state index contributed by atoms with van der Waals surface area (Å²) in [6.45, 7) is 4.40. The molecule has 1 atom stereocenters. The van der Waals surface area contributed by atoms with Crippen LogP contribution in [0.4, 0.5) is 0 Å². The van der Waals surface area contributed by atoms with Crippen LogP contribution in [0.3, 0.4) is 0 Å². The van der Waals surface area contributed by atoms with Crippen molar-refractivity contribution in [3.8, 4) is 0 Å². The van der Waals surface area contributed by atoms with Gasteiger partial charge in [0.25, 0.3) is 5.91 Å². The summed E-state index contributed by atoms with van der Waals surface area (Å²) < 4.78 is 0.697. The number of hydrogen-bond acceptors (Lipinski definition) is 5. The van der Waals surface area contributed by atoms with Gasteiger partial charge in [0, 0.05) is 36.8 Å². The van der Waals surface area contributed by atoms with Crippen LogP contribution < -0.4 is 5.73 Å². The molecule has 0 spiro atoms. The van der Waals surface area contributed by atoms with Gasteiger partial charge in [-0.2, -0.15) is 0 Å². The quantitative estimate of drug-likeness (QED) is 0.361. The van der Waals surface area contributed by atoms with Crippen LogP contribution in [-0.4, -0.2) is 64.0 Å². The van der Waals surface area contributed by atoms with Crippen LogP contribution in [0.15, 0.2) is 28.0 Å². The molecule has 1 aliphatic heterocycles. The van der Waals surface area contributed by atoms with E-state index in [0.29, 0.717) is 36.3 Å². The maximum atomic E-state index is 12.4. The Hall–Kier alpha value is -1.67. The van der Waals surface area contributed by atoms with Gasteiger partial charge >= 0.3 is 0 Å². The summed E-state index contributed by atoms with van der Waals surface area (Å²) in [7, 11) is 0. The van der Waals surface area contributed by atoms with E-state index < -0.39 is 0 Å². The largest absolute Gasteiger partial charge is 0.409 e. The van der Waals surface area contributed by atoms with Crippen LogP contribution in [-0.2, 0) is 0 Å². The zero-order valence-electron chi connectivity index (χ0n) is 11.7. The van der Waals surface area contributed by atoms with E-state index in [1.807, 2.05) is 6.92 Å². The van der Waals surface area contributed by atoms with E-state index in [1.54, 1.807) is 23.2 Å². The van der Waals surface area contributed by atoms with E-state index in [4.69, 9.17) is 10.9 Å². The molecule has 0 aliphatic carbocycles. The van der Waals surface area contributed by atoms with Crippen molar-refractivity contribution in [2.24, 2.45) is 10.9 Å². The highest BCUT2D eigenvalue weighted by Crippen LogP contribution is 2.17. The topological polar surface area (TPSA) is 95.0 Å². The third-order valence-electron chi connectivity index (χ3n) is 3.65. The van der Waals surface area contributed by atoms with Crippen LogP contribution in [0.2, 0.25) is 0 Å². The number of carbonyl (C=O) groups is 1. The van der Waals surface area contributed by atoms with Crippen molar-refractivity contribution in [1.29, 1.82) is 0 Å². The highest BCUT2D eigenvalue weighted by molar-refractivity contribution is 9.10. The third-order valence-corrected chi connectivity index (χ3v) is 4.29. The summed E-state index contributed by atoms with van der Waals surface area (Å²) in [6.07, 6.45) is 1.61. The van der Waals surface area contributed by atoms with E-state index >= 15 is 0 Å². The number of rotatable bonds is 3. The molecule has 1 aromatic rings. The second kappa shape index (κ2) is 6.86. The third kappa shape index (κ3) is 3.51. The van der Waals surface area contributed by atoms with Gasteiger partial charge in [0.15, 0.2) is 5.84 Å². The molecule has 0 saturated carbocycles. The lowest BCUT2D eigenvalue weighted by Gasteiger charge is -2.37.